The first kappa shape index (κ1) is 13.0. The number of hydrogen-bond acceptors (Lipinski definition) is 2. The monoisotopic (exact) mass is 250 g/mol. The van der Waals surface area contributed by atoms with Crippen LogP contribution >= 0.6 is 0 Å². The van der Waals surface area contributed by atoms with Gasteiger partial charge >= 0.3 is 0 Å². The van der Waals surface area contributed by atoms with Crippen LogP contribution < -0.4 is 10.6 Å². The molecule has 98 valence electrons. The Morgan fingerprint density at radius 3 is 3.00 bits per heavy atom. The number of carbonyl (C=O) groups excluding carboxylic acids is 1. The van der Waals surface area contributed by atoms with Crippen molar-refractivity contribution in [1.82, 2.24) is 5.32 Å². The molecule has 2 atom stereocenters. The molecule has 2 rings (SSSR count). The van der Waals surface area contributed by atoms with Crippen molar-refractivity contribution < 1.29 is 9.18 Å². The van der Waals surface area contributed by atoms with Crippen molar-refractivity contribution in [3.8, 4) is 0 Å². The van der Waals surface area contributed by atoms with Crippen molar-refractivity contribution in [2.75, 3.05) is 11.9 Å². The largest absolute Gasteiger partial charge is 0.326 e. The molecule has 0 spiro atoms. The molecule has 4 heteroatoms. The molecular weight excluding hydrogens is 231 g/mol. The van der Waals surface area contributed by atoms with E-state index in [0.717, 1.165) is 19.4 Å². The smallest absolute Gasteiger partial charge is 0.227 e. The molecule has 1 heterocycles. The van der Waals surface area contributed by atoms with Gasteiger partial charge in [-0.1, -0.05) is 6.07 Å². The molecule has 1 aliphatic rings. The molecule has 1 aromatic carbocycles. The molecule has 0 radical (unpaired) electrons. The SMILES string of the molecule is Cc1c(F)cccc1NC(=O)[C@H]1CCN[C@@H](C)C1. The molecule has 18 heavy (non-hydrogen) atoms. The first-order valence-electron chi connectivity index (χ1n) is 6.37. The van der Waals surface area contributed by atoms with E-state index < -0.39 is 0 Å². The van der Waals surface area contributed by atoms with E-state index in [4.69, 9.17) is 0 Å². The summed E-state index contributed by atoms with van der Waals surface area (Å²) < 4.78 is 13.4. The van der Waals surface area contributed by atoms with Gasteiger partial charge in [-0.3, -0.25) is 4.79 Å². The zero-order valence-electron chi connectivity index (χ0n) is 10.8. The summed E-state index contributed by atoms with van der Waals surface area (Å²) in [5, 5.41) is 6.15. The van der Waals surface area contributed by atoms with Crippen molar-refractivity contribution in [1.29, 1.82) is 0 Å². The normalized spacial score (nSPS) is 23.7. The van der Waals surface area contributed by atoms with Gasteiger partial charge in [0.25, 0.3) is 0 Å². The number of anilines is 1. The van der Waals surface area contributed by atoms with Crippen LogP contribution in [0.25, 0.3) is 0 Å². The molecule has 0 aromatic heterocycles. The Morgan fingerprint density at radius 1 is 1.50 bits per heavy atom. The van der Waals surface area contributed by atoms with Crippen LogP contribution in [0.5, 0.6) is 0 Å². The zero-order chi connectivity index (χ0) is 13.1. The van der Waals surface area contributed by atoms with E-state index in [-0.39, 0.29) is 17.6 Å². The molecule has 1 amide bonds. The van der Waals surface area contributed by atoms with Gasteiger partial charge < -0.3 is 10.6 Å². The Morgan fingerprint density at radius 2 is 2.28 bits per heavy atom. The second-order valence-electron chi connectivity index (χ2n) is 4.98. The van der Waals surface area contributed by atoms with Crippen LogP contribution in [0.2, 0.25) is 0 Å². The third-order valence-corrected chi connectivity index (χ3v) is 3.52. The maximum absolute atomic E-state index is 13.4. The fourth-order valence-electron chi connectivity index (χ4n) is 2.35. The van der Waals surface area contributed by atoms with Crippen LogP contribution in [0.15, 0.2) is 18.2 Å². The first-order valence-corrected chi connectivity index (χ1v) is 6.37. The van der Waals surface area contributed by atoms with Crippen molar-refractivity contribution in [2.45, 2.75) is 32.7 Å². The maximum atomic E-state index is 13.4. The van der Waals surface area contributed by atoms with E-state index >= 15 is 0 Å². The Bertz CT molecular complexity index is 447. The average molecular weight is 250 g/mol. The lowest BCUT2D eigenvalue weighted by atomic mass is 9.92. The summed E-state index contributed by atoms with van der Waals surface area (Å²) >= 11 is 0. The fourth-order valence-corrected chi connectivity index (χ4v) is 2.35. The number of rotatable bonds is 2. The highest BCUT2D eigenvalue weighted by molar-refractivity contribution is 5.93. The summed E-state index contributed by atoms with van der Waals surface area (Å²) in [6, 6.07) is 5.12. The molecular formula is C14H19FN2O. The molecule has 2 N–H and O–H groups in total. The van der Waals surface area contributed by atoms with E-state index in [2.05, 4.69) is 17.6 Å². The highest BCUT2D eigenvalue weighted by Gasteiger charge is 2.25. The van der Waals surface area contributed by atoms with E-state index in [0.29, 0.717) is 17.3 Å². The number of hydrogen-bond donors (Lipinski definition) is 2. The van der Waals surface area contributed by atoms with Gasteiger partial charge in [-0.2, -0.15) is 0 Å². The quantitative estimate of drug-likeness (QED) is 0.846. The lowest BCUT2D eigenvalue weighted by Crippen LogP contribution is -2.40. The predicted molar refractivity (Wildman–Crippen MR) is 70.0 cm³/mol. The topological polar surface area (TPSA) is 41.1 Å². The molecule has 0 bridgehead atoms. The molecule has 3 nitrogen and oxygen atoms in total. The molecule has 0 unspecified atom stereocenters. The Balaban J connectivity index is 2.04. The van der Waals surface area contributed by atoms with Gasteiger partial charge in [0.05, 0.1) is 0 Å². The van der Waals surface area contributed by atoms with Gasteiger partial charge in [-0.15, -0.1) is 0 Å². The summed E-state index contributed by atoms with van der Waals surface area (Å²) in [5.41, 5.74) is 1.07. The summed E-state index contributed by atoms with van der Waals surface area (Å²) in [5.74, 6) is -0.271. The first-order chi connectivity index (χ1) is 8.58. The zero-order valence-corrected chi connectivity index (χ0v) is 10.8. The van der Waals surface area contributed by atoms with Crippen LogP contribution in [0.1, 0.15) is 25.3 Å². The van der Waals surface area contributed by atoms with Crippen LogP contribution in [-0.2, 0) is 4.79 Å². The summed E-state index contributed by atoms with van der Waals surface area (Å²) in [6.45, 7) is 4.62. The van der Waals surface area contributed by atoms with Gasteiger partial charge in [0, 0.05) is 23.2 Å². The van der Waals surface area contributed by atoms with Gasteiger partial charge in [0.2, 0.25) is 5.91 Å². The van der Waals surface area contributed by atoms with Gasteiger partial charge in [0.1, 0.15) is 5.82 Å². The molecule has 1 fully saturated rings. The number of carbonyl (C=O) groups is 1. The fraction of sp³-hybridized carbons (Fsp3) is 0.500. The van der Waals surface area contributed by atoms with Gasteiger partial charge in [0.15, 0.2) is 0 Å². The highest BCUT2D eigenvalue weighted by atomic mass is 19.1. The molecule has 0 saturated carbocycles. The molecule has 0 aliphatic carbocycles. The minimum atomic E-state index is -0.286. The number of nitrogens with one attached hydrogen (secondary N) is 2. The van der Waals surface area contributed by atoms with Crippen LogP contribution in [0.4, 0.5) is 10.1 Å². The number of benzene rings is 1. The van der Waals surface area contributed by atoms with E-state index in [9.17, 15) is 9.18 Å². The maximum Gasteiger partial charge on any atom is 0.227 e. The standard InChI is InChI=1S/C14H19FN2O/c1-9-8-11(6-7-16-9)14(18)17-13-5-3-4-12(15)10(13)2/h3-5,9,11,16H,6-8H2,1-2H3,(H,17,18)/t9-,11-/m0/s1. The van der Waals surface area contributed by atoms with E-state index in [1.807, 2.05) is 0 Å². The predicted octanol–water partition coefficient (Wildman–Crippen LogP) is 2.46. The number of amides is 1. The second-order valence-corrected chi connectivity index (χ2v) is 4.98. The third kappa shape index (κ3) is 2.88. The summed E-state index contributed by atoms with van der Waals surface area (Å²) in [6.07, 6.45) is 1.67. The van der Waals surface area contributed by atoms with Crippen molar-refractivity contribution in [2.24, 2.45) is 5.92 Å². The average Bonchev–Trinajstić information content (AvgIpc) is 2.35. The van der Waals surface area contributed by atoms with Crippen LogP contribution in [0.3, 0.4) is 0 Å². The van der Waals surface area contributed by atoms with Gasteiger partial charge in [-0.25, -0.2) is 4.39 Å². The number of halogens is 1. The second kappa shape index (κ2) is 5.48. The van der Waals surface area contributed by atoms with Crippen molar-refractivity contribution in [3.05, 3.63) is 29.6 Å². The molecule has 1 aliphatic heterocycles. The number of piperidine rings is 1. The summed E-state index contributed by atoms with van der Waals surface area (Å²) in [4.78, 5) is 12.1. The molecule has 1 aromatic rings. The van der Waals surface area contributed by atoms with Crippen LogP contribution in [-0.4, -0.2) is 18.5 Å². The lowest BCUT2D eigenvalue weighted by Gasteiger charge is -2.27. The van der Waals surface area contributed by atoms with Gasteiger partial charge in [-0.05, 0) is 45.4 Å². The third-order valence-electron chi connectivity index (χ3n) is 3.52. The Hall–Kier alpha value is -1.42. The highest BCUT2D eigenvalue weighted by Crippen LogP contribution is 2.21. The lowest BCUT2D eigenvalue weighted by molar-refractivity contribution is -0.120. The minimum absolute atomic E-state index is 0.00273. The molecule has 1 saturated heterocycles. The van der Waals surface area contributed by atoms with E-state index in [1.165, 1.54) is 6.07 Å². The minimum Gasteiger partial charge on any atom is -0.326 e. The van der Waals surface area contributed by atoms with Crippen molar-refractivity contribution >= 4 is 11.6 Å². The Labute approximate surface area is 107 Å². The Kier molecular flexibility index (Phi) is 3.97. The van der Waals surface area contributed by atoms with E-state index in [1.54, 1.807) is 19.1 Å². The van der Waals surface area contributed by atoms with Crippen LogP contribution in [0, 0.1) is 18.7 Å². The van der Waals surface area contributed by atoms with Crippen molar-refractivity contribution in [3.63, 3.8) is 0 Å². The summed E-state index contributed by atoms with van der Waals surface area (Å²) in [7, 11) is 0.